The van der Waals surface area contributed by atoms with Crippen molar-refractivity contribution in [2.45, 2.75) is 0 Å². The Labute approximate surface area is 142 Å². The number of ether oxygens (including phenoxy) is 3. The van der Waals surface area contributed by atoms with Gasteiger partial charge in [0.05, 0.1) is 14.2 Å². The van der Waals surface area contributed by atoms with E-state index in [-0.39, 0.29) is 17.3 Å². The van der Waals surface area contributed by atoms with Crippen molar-refractivity contribution in [1.82, 2.24) is 10.6 Å². The van der Waals surface area contributed by atoms with E-state index in [1.54, 1.807) is 18.2 Å². The second-order valence-corrected chi connectivity index (χ2v) is 4.98. The van der Waals surface area contributed by atoms with E-state index in [9.17, 15) is 14.4 Å². The number of carbonyl (C=O) groups is 3. The molecule has 1 aliphatic rings. The van der Waals surface area contributed by atoms with E-state index in [4.69, 9.17) is 21.7 Å². The minimum Gasteiger partial charge on any atom is -0.493 e. The van der Waals surface area contributed by atoms with Crippen molar-refractivity contribution < 1.29 is 28.6 Å². The van der Waals surface area contributed by atoms with Gasteiger partial charge in [-0.1, -0.05) is 6.07 Å². The Hall–Kier alpha value is -2.94. The van der Waals surface area contributed by atoms with Crippen LogP contribution in [0.1, 0.15) is 5.56 Å². The van der Waals surface area contributed by atoms with Crippen molar-refractivity contribution in [3.63, 3.8) is 0 Å². The maximum absolute atomic E-state index is 11.8. The van der Waals surface area contributed by atoms with Crippen LogP contribution in [0.25, 0.3) is 6.08 Å². The average Bonchev–Trinajstić information content (AvgIpc) is 2.56. The number of esters is 1. The molecule has 8 nitrogen and oxygen atoms in total. The predicted octanol–water partition coefficient (Wildman–Crippen LogP) is 0.161. The van der Waals surface area contributed by atoms with Gasteiger partial charge in [0.2, 0.25) is 0 Å². The lowest BCUT2D eigenvalue weighted by Gasteiger charge is -2.16. The Morgan fingerprint density at radius 3 is 2.42 bits per heavy atom. The number of methoxy groups -OCH3 is 2. The summed E-state index contributed by atoms with van der Waals surface area (Å²) in [6.45, 7) is -0.268. The number of nitrogens with one attached hydrogen (secondary N) is 2. The first-order valence-electron chi connectivity index (χ1n) is 6.70. The van der Waals surface area contributed by atoms with Gasteiger partial charge in [0.25, 0.3) is 11.8 Å². The molecule has 1 saturated heterocycles. The molecule has 2 N–H and O–H groups in total. The number of rotatable bonds is 5. The van der Waals surface area contributed by atoms with Gasteiger partial charge >= 0.3 is 5.97 Å². The maximum atomic E-state index is 11.8. The summed E-state index contributed by atoms with van der Waals surface area (Å²) in [4.78, 5) is 34.7. The minimum atomic E-state index is -0.589. The number of hydrogen-bond acceptors (Lipinski definition) is 7. The number of hydrogen-bond donors (Lipinski definition) is 2. The Morgan fingerprint density at radius 2 is 1.83 bits per heavy atom. The lowest BCUT2D eigenvalue weighted by molar-refractivity contribution is -0.143. The highest BCUT2D eigenvalue weighted by Gasteiger charge is 2.25. The molecule has 1 aromatic carbocycles. The van der Waals surface area contributed by atoms with Crippen LogP contribution in [-0.2, 0) is 19.1 Å². The fraction of sp³-hybridized carbons (Fsp3) is 0.200. The summed E-state index contributed by atoms with van der Waals surface area (Å²) >= 11 is 4.73. The van der Waals surface area contributed by atoms with Gasteiger partial charge < -0.3 is 14.2 Å². The molecule has 0 radical (unpaired) electrons. The molecule has 1 aromatic rings. The SMILES string of the molecule is COC(=O)COc1ccc(C=C2C(=O)NC(=S)NC2=O)cc1OC. The summed E-state index contributed by atoms with van der Waals surface area (Å²) in [6.07, 6.45) is 1.39. The third kappa shape index (κ3) is 4.07. The molecule has 0 unspecified atom stereocenters. The van der Waals surface area contributed by atoms with Crippen LogP contribution in [-0.4, -0.2) is 43.7 Å². The molecule has 0 aromatic heterocycles. The fourth-order valence-corrected chi connectivity index (χ4v) is 2.05. The monoisotopic (exact) mass is 350 g/mol. The van der Waals surface area contributed by atoms with Crippen molar-refractivity contribution in [3.8, 4) is 11.5 Å². The summed E-state index contributed by atoms with van der Waals surface area (Å²) in [7, 11) is 2.68. The molecule has 24 heavy (non-hydrogen) atoms. The normalized spacial score (nSPS) is 13.8. The summed E-state index contributed by atoms with van der Waals surface area (Å²) in [5, 5.41) is 4.65. The molecule has 1 aliphatic heterocycles. The van der Waals surface area contributed by atoms with Crippen LogP contribution in [0.15, 0.2) is 23.8 Å². The minimum absolute atomic E-state index is 0.0358. The maximum Gasteiger partial charge on any atom is 0.343 e. The molecule has 2 amide bonds. The van der Waals surface area contributed by atoms with E-state index in [0.717, 1.165) is 0 Å². The average molecular weight is 350 g/mol. The van der Waals surface area contributed by atoms with Gasteiger partial charge in [-0.25, -0.2) is 4.79 Å². The van der Waals surface area contributed by atoms with Gasteiger partial charge in [-0.05, 0) is 36.0 Å². The molecule has 0 atom stereocenters. The zero-order chi connectivity index (χ0) is 17.7. The van der Waals surface area contributed by atoms with Crippen molar-refractivity contribution in [2.24, 2.45) is 0 Å². The van der Waals surface area contributed by atoms with Crippen molar-refractivity contribution in [3.05, 3.63) is 29.3 Å². The molecule has 0 spiro atoms. The number of amides is 2. The first-order chi connectivity index (χ1) is 11.4. The molecule has 1 fully saturated rings. The van der Waals surface area contributed by atoms with Crippen LogP contribution in [0.3, 0.4) is 0 Å². The summed E-state index contributed by atoms with van der Waals surface area (Å²) < 4.78 is 15.0. The van der Waals surface area contributed by atoms with E-state index in [2.05, 4.69) is 15.4 Å². The van der Waals surface area contributed by atoms with Crippen molar-refractivity contribution in [1.29, 1.82) is 0 Å². The van der Waals surface area contributed by atoms with E-state index < -0.39 is 17.8 Å². The zero-order valence-corrected chi connectivity index (χ0v) is 13.7. The Kier molecular flexibility index (Phi) is 5.48. The van der Waals surface area contributed by atoms with Gasteiger partial charge in [0, 0.05) is 0 Å². The molecular formula is C15H14N2O6S. The highest BCUT2D eigenvalue weighted by atomic mass is 32.1. The quantitative estimate of drug-likeness (QED) is 0.337. The van der Waals surface area contributed by atoms with Crippen molar-refractivity contribution in [2.75, 3.05) is 20.8 Å². The Bertz CT molecular complexity index is 721. The van der Waals surface area contributed by atoms with Crippen LogP contribution in [0.2, 0.25) is 0 Å². The van der Waals surface area contributed by atoms with E-state index in [1.807, 2.05) is 0 Å². The molecule has 1 heterocycles. The second-order valence-electron chi connectivity index (χ2n) is 4.57. The third-order valence-electron chi connectivity index (χ3n) is 3.02. The molecule has 9 heteroatoms. The Balaban J connectivity index is 2.24. The second kappa shape index (κ2) is 7.55. The highest BCUT2D eigenvalue weighted by Crippen LogP contribution is 2.29. The van der Waals surface area contributed by atoms with Crippen LogP contribution in [0.5, 0.6) is 11.5 Å². The van der Waals surface area contributed by atoms with Gasteiger partial charge in [-0.3, -0.25) is 20.2 Å². The molecule has 0 bridgehead atoms. The van der Waals surface area contributed by atoms with Gasteiger partial charge in [-0.15, -0.1) is 0 Å². The van der Waals surface area contributed by atoms with E-state index >= 15 is 0 Å². The molecule has 0 saturated carbocycles. The molecule has 126 valence electrons. The number of thiocarbonyl (C=S) groups is 1. The van der Waals surface area contributed by atoms with Crippen LogP contribution in [0.4, 0.5) is 0 Å². The van der Waals surface area contributed by atoms with Gasteiger partial charge in [0.15, 0.2) is 23.2 Å². The molecular weight excluding hydrogens is 336 g/mol. The van der Waals surface area contributed by atoms with Crippen molar-refractivity contribution >= 4 is 41.2 Å². The van der Waals surface area contributed by atoms with E-state index in [1.165, 1.54) is 20.3 Å². The van der Waals surface area contributed by atoms with Crippen LogP contribution in [0, 0.1) is 0 Å². The summed E-state index contributed by atoms with van der Waals surface area (Å²) in [5.74, 6) is -1.05. The third-order valence-corrected chi connectivity index (χ3v) is 3.22. The standard InChI is InChI=1S/C15H14N2O6S/c1-21-11-6-8(3-4-10(11)23-7-12(18)22-2)5-9-13(19)16-15(24)17-14(9)20/h3-6H,7H2,1-2H3,(H2,16,17,19,20,24). The largest absolute Gasteiger partial charge is 0.493 e. The zero-order valence-electron chi connectivity index (χ0n) is 12.9. The highest BCUT2D eigenvalue weighted by molar-refractivity contribution is 7.80. The summed E-state index contributed by atoms with van der Waals surface area (Å²) in [5.41, 5.74) is 0.444. The topological polar surface area (TPSA) is 103 Å². The fourth-order valence-electron chi connectivity index (χ4n) is 1.86. The lowest BCUT2D eigenvalue weighted by Crippen LogP contribution is -2.51. The number of benzene rings is 1. The van der Waals surface area contributed by atoms with Crippen LogP contribution < -0.4 is 20.1 Å². The first kappa shape index (κ1) is 17.4. The molecule has 2 rings (SSSR count). The first-order valence-corrected chi connectivity index (χ1v) is 7.11. The Morgan fingerprint density at radius 1 is 1.17 bits per heavy atom. The lowest BCUT2D eigenvalue weighted by atomic mass is 10.1. The van der Waals surface area contributed by atoms with Gasteiger partial charge in [0.1, 0.15) is 5.57 Å². The van der Waals surface area contributed by atoms with Gasteiger partial charge in [-0.2, -0.15) is 0 Å². The predicted molar refractivity (Wildman–Crippen MR) is 87.4 cm³/mol. The molecule has 0 aliphatic carbocycles. The smallest absolute Gasteiger partial charge is 0.343 e. The van der Waals surface area contributed by atoms with E-state index in [0.29, 0.717) is 17.1 Å². The summed E-state index contributed by atoms with van der Waals surface area (Å²) in [6, 6.07) is 4.72. The van der Waals surface area contributed by atoms with Crippen LogP contribution >= 0.6 is 12.2 Å². The number of carbonyl (C=O) groups excluding carboxylic acids is 3.